The number of hydrogen-bond acceptors (Lipinski definition) is 3. The number of carboxylic acid groups (broad SMARTS) is 1. The molecule has 0 aliphatic heterocycles. The number of aliphatic carboxylic acids is 1. The zero-order valence-corrected chi connectivity index (χ0v) is 9.36. The van der Waals surface area contributed by atoms with E-state index in [9.17, 15) is 18.0 Å². The molecule has 0 radical (unpaired) electrons. The Morgan fingerprint density at radius 1 is 1.33 bits per heavy atom. The van der Waals surface area contributed by atoms with Crippen molar-refractivity contribution in [3.8, 4) is 0 Å². The fraction of sp³-hybridized carbons (Fsp3) is 0.273. The van der Waals surface area contributed by atoms with Crippen LogP contribution < -0.4 is 0 Å². The molecule has 0 atom stereocenters. The summed E-state index contributed by atoms with van der Waals surface area (Å²) in [6, 6.07) is 4.33. The van der Waals surface area contributed by atoms with E-state index in [2.05, 4.69) is 9.99 Å². The summed E-state index contributed by atoms with van der Waals surface area (Å²) in [5.74, 6) is -1.18. The number of hydrogen-bond donors (Lipinski definition) is 1. The van der Waals surface area contributed by atoms with Gasteiger partial charge < -0.3 is 9.94 Å². The average Bonchev–Trinajstić information content (AvgIpc) is 2.27. The number of rotatable bonds is 4. The van der Waals surface area contributed by atoms with E-state index < -0.39 is 24.3 Å². The number of carbonyl (C=O) groups is 1. The quantitative estimate of drug-likeness (QED) is 0.669. The van der Waals surface area contributed by atoms with Crippen molar-refractivity contribution in [3.63, 3.8) is 0 Å². The van der Waals surface area contributed by atoms with E-state index in [-0.39, 0.29) is 0 Å². The summed E-state index contributed by atoms with van der Waals surface area (Å²) in [7, 11) is 0. The van der Waals surface area contributed by atoms with Gasteiger partial charge in [-0.2, -0.15) is 13.2 Å². The van der Waals surface area contributed by atoms with E-state index in [1.807, 2.05) is 0 Å². The van der Waals surface area contributed by atoms with Crippen molar-refractivity contribution in [2.75, 3.05) is 6.61 Å². The number of carboxylic acids is 1. The van der Waals surface area contributed by atoms with E-state index in [1.54, 1.807) is 0 Å². The smallest absolute Gasteiger partial charge is 0.416 e. The first-order valence-corrected chi connectivity index (χ1v) is 4.86. The molecule has 7 heteroatoms. The lowest BCUT2D eigenvalue weighted by atomic mass is 10.1. The van der Waals surface area contributed by atoms with E-state index in [0.29, 0.717) is 11.3 Å². The normalized spacial score (nSPS) is 12.3. The second-order valence-electron chi connectivity index (χ2n) is 3.42. The molecule has 4 nitrogen and oxygen atoms in total. The van der Waals surface area contributed by atoms with E-state index in [4.69, 9.17) is 5.11 Å². The van der Waals surface area contributed by atoms with Gasteiger partial charge in [-0.05, 0) is 24.6 Å². The third kappa shape index (κ3) is 4.08. The van der Waals surface area contributed by atoms with Crippen molar-refractivity contribution < 1.29 is 27.9 Å². The molecule has 0 amide bonds. The zero-order valence-electron chi connectivity index (χ0n) is 9.36. The molecule has 18 heavy (non-hydrogen) atoms. The zero-order chi connectivity index (χ0) is 13.8. The Kier molecular flexibility index (Phi) is 4.30. The lowest BCUT2D eigenvalue weighted by Crippen LogP contribution is -2.07. The minimum Gasteiger partial charge on any atom is -0.479 e. The summed E-state index contributed by atoms with van der Waals surface area (Å²) >= 11 is 0. The van der Waals surface area contributed by atoms with Crippen LogP contribution in [0.4, 0.5) is 13.2 Å². The third-order valence-electron chi connectivity index (χ3n) is 2.02. The Morgan fingerprint density at radius 3 is 2.33 bits per heavy atom. The Hall–Kier alpha value is -2.05. The summed E-state index contributed by atoms with van der Waals surface area (Å²) in [4.78, 5) is 14.6. The maximum Gasteiger partial charge on any atom is 0.416 e. The topological polar surface area (TPSA) is 58.9 Å². The predicted molar refractivity (Wildman–Crippen MR) is 57.2 cm³/mol. The summed E-state index contributed by atoms with van der Waals surface area (Å²) in [6.07, 6.45) is -4.39. The van der Waals surface area contributed by atoms with Gasteiger partial charge in [0.2, 0.25) is 6.61 Å². The number of benzene rings is 1. The van der Waals surface area contributed by atoms with E-state index in [1.165, 1.54) is 19.1 Å². The molecule has 0 saturated heterocycles. The van der Waals surface area contributed by atoms with Crippen molar-refractivity contribution in [1.82, 2.24) is 0 Å². The van der Waals surface area contributed by atoms with Gasteiger partial charge in [0.05, 0.1) is 11.3 Å². The largest absolute Gasteiger partial charge is 0.479 e. The van der Waals surface area contributed by atoms with Gasteiger partial charge in [0, 0.05) is 0 Å². The Labute approximate surface area is 101 Å². The number of nitrogens with zero attached hydrogens (tertiary/aromatic N) is 1. The molecule has 0 spiro atoms. The highest BCUT2D eigenvalue weighted by atomic mass is 19.4. The fourth-order valence-corrected chi connectivity index (χ4v) is 1.14. The number of oxime groups is 1. The van der Waals surface area contributed by atoms with E-state index >= 15 is 0 Å². The molecular weight excluding hydrogens is 251 g/mol. The highest BCUT2D eigenvalue weighted by molar-refractivity contribution is 5.98. The molecule has 98 valence electrons. The second kappa shape index (κ2) is 5.52. The molecule has 1 rings (SSSR count). The van der Waals surface area contributed by atoms with Gasteiger partial charge in [-0.1, -0.05) is 17.3 Å². The highest BCUT2D eigenvalue weighted by Gasteiger charge is 2.29. The number of halogens is 3. The average molecular weight is 261 g/mol. The summed E-state index contributed by atoms with van der Waals surface area (Å²) in [5, 5.41) is 11.8. The lowest BCUT2D eigenvalue weighted by Gasteiger charge is -2.07. The van der Waals surface area contributed by atoms with Crippen molar-refractivity contribution in [2.24, 2.45) is 5.16 Å². The molecule has 0 aromatic heterocycles. The van der Waals surface area contributed by atoms with Crippen LogP contribution in [0.15, 0.2) is 29.4 Å². The van der Waals surface area contributed by atoms with Gasteiger partial charge in [-0.3, -0.25) is 0 Å². The van der Waals surface area contributed by atoms with Gasteiger partial charge in [0.1, 0.15) is 0 Å². The van der Waals surface area contributed by atoms with Crippen molar-refractivity contribution >= 4 is 11.7 Å². The standard InChI is InChI=1S/C11H10F3NO3/c1-7(15-18-6-10(16)17)8-2-4-9(5-3-8)11(12,13)14/h2-5H,6H2,1H3,(H,16,17). The molecule has 0 saturated carbocycles. The van der Waals surface area contributed by atoms with Crippen molar-refractivity contribution in [3.05, 3.63) is 35.4 Å². The lowest BCUT2D eigenvalue weighted by molar-refractivity contribution is -0.142. The van der Waals surface area contributed by atoms with Crippen LogP contribution >= 0.6 is 0 Å². The minimum absolute atomic E-state index is 0.296. The molecule has 1 aromatic carbocycles. The third-order valence-corrected chi connectivity index (χ3v) is 2.02. The summed E-state index contributed by atoms with van der Waals surface area (Å²) in [5.41, 5.74) is -0.0381. The molecule has 0 unspecified atom stereocenters. The molecule has 0 aliphatic carbocycles. The van der Waals surface area contributed by atoms with Crippen molar-refractivity contribution in [2.45, 2.75) is 13.1 Å². The molecule has 0 bridgehead atoms. The van der Waals surface area contributed by atoms with Gasteiger partial charge >= 0.3 is 12.1 Å². The maximum absolute atomic E-state index is 12.3. The van der Waals surface area contributed by atoms with Gasteiger partial charge in [-0.25, -0.2) is 4.79 Å². The second-order valence-corrected chi connectivity index (χ2v) is 3.42. The minimum atomic E-state index is -4.39. The van der Waals surface area contributed by atoms with Crippen LogP contribution in [0.5, 0.6) is 0 Å². The first kappa shape index (κ1) is 14.0. The molecule has 1 aromatic rings. The monoisotopic (exact) mass is 261 g/mol. The van der Waals surface area contributed by atoms with Crippen LogP contribution in [0.25, 0.3) is 0 Å². The van der Waals surface area contributed by atoms with E-state index in [0.717, 1.165) is 12.1 Å². The van der Waals surface area contributed by atoms with Crippen LogP contribution in [0.3, 0.4) is 0 Å². The van der Waals surface area contributed by atoms with Crippen molar-refractivity contribution in [1.29, 1.82) is 0 Å². The van der Waals surface area contributed by atoms with Crippen LogP contribution in [0.1, 0.15) is 18.1 Å². The molecular formula is C11H10F3NO3. The first-order chi connectivity index (χ1) is 8.30. The first-order valence-electron chi connectivity index (χ1n) is 4.86. The Balaban J connectivity index is 2.76. The summed E-state index contributed by atoms with van der Waals surface area (Å²) < 4.78 is 36.9. The van der Waals surface area contributed by atoms with Gasteiger partial charge in [-0.15, -0.1) is 0 Å². The van der Waals surface area contributed by atoms with Gasteiger partial charge in [0.25, 0.3) is 0 Å². The molecule has 0 fully saturated rings. The predicted octanol–water partition coefficient (Wildman–Crippen LogP) is 2.53. The molecule has 1 N–H and O–H groups in total. The van der Waals surface area contributed by atoms with Crippen LogP contribution in [0.2, 0.25) is 0 Å². The molecule has 0 aliphatic rings. The fourth-order valence-electron chi connectivity index (χ4n) is 1.14. The number of alkyl halides is 3. The molecule has 0 heterocycles. The SMILES string of the molecule is CC(=NOCC(=O)O)c1ccc(C(F)(F)F)cc1. The Bertz CT molecular complexity index is 452. The maximum atomic E-state index is 12.3. The van der Waals surface area contributed by atoms with Crippen LogP contribution in [0, 0.1) is 0 Å². The highest BCUT2D eigenvalue weighted by Crippen LogP contribution is 2.29. The van der Waals surface area contributed by atoms with Gasteiger partial charge in [0.15, 0.2) is 0 Å². The van der Waals surface area contributed by atoms with Crippen LogP contribution in [-0.2, 0) is 15.8 Å². The summed E-state index contributed by atoms with van der Waals surface area (Å²) in [6.45, 7) is 0.905. The Morgan fingerprint density at radius 2 is 1.89 bits per heavy atom. The van der Waals surface area contributed by atoms with Crippen LogP contribution in [-0.4, -0.2) is 23.4 Å².